The lowest BCUT2D eigenvalue weighted by atomic mass is 9.96. The van der Waals surface area contributed by atoms with Gasteiger partial charge in [0, 0.05) is 18.0 Å². The van der Waals surface area contributed by atoms with Crippen molar-refractivity contribution in [1.29, 1.82) is 0 Å². The predicted octanol–water partition coefficient (Wildman–Crippen LogP) is 3.39. The standard InChI is InChI=1S/C15H23NO/c1-11(2)12(3)10-16-14-8-9-17-15-7-5-4-6-13(14)15/h4-7,11-12,14,16H,8-10H2,1-3H3. The van der Waals surface area contributed by atoms with E-state index in [0.717, 1.165) is 31.2 Å². The van der Waals surface area contributed by atoms with Crippen molar-refractivity contribution >= 4 is 0 Å². The van der Waals surface area contributed by atoms with Gasteiger partial charge in [-0.25, -0.2) is 0 Å². The summed E-state index contributed by atoms with van der Waals surface area (Å²) >= 11 is 0. The van der Waals surface area contributed by atoms with Crippen LogP contribution in [0.3, 0.4) is 0 Å². The van der Waals surface area contributed by atoms with Gasteiger partial charge in [-0.05, 0) is 24.4 Å². The molecule has 0 spiro atoms. The van der Waals surface area contributed by atoms with E-state index in [1.165, 1.54) is 5.56 Å². The predicted molar refractivity (Wildman–Crippen MR) is 71.3 cm³/mol. The Labute approximate surface area is 104 Å². The van der Waals surface area contributed by atoms with E-state index in [1.54, 1.807) is 0 Å². The van der Waals surface area contributed by atoms with Gasteiger partial charge in [0.2, 0.25) is 0 Å². The molecule has 2 unspecified atom stereocenters. The SMILES string of the molecule is CC(C)C(C)CNC1CCOc2ccccc21. The lowest BCUT2D eigenvalue weighted by Crippen LogP contribution is -2.31. The zero-order valence-corrected chi connectivity index (χ0v) is 11.1. The highest BCUT2D eigenvalue weighted by Crippen LogP contribution is 2.31. The number of benzene rings is 1. The van der Waals surface area contributed by atoms with Crippen LogP contribution in [0.25, 0.3) is 0 Å². The molecule has 1 aromatic rings. The van der Waals surface area contributed by atoms with Crippen LogP contribution in [-0.4, -0.2) is 13.2 Å². The first-order valence-corrected chi connectivity index (χ1v) is 6.63. The first-order chi connectivity index (χ1) is 8.18. The van der Waals surface area contributed by atoms with Crippen LogP contribution < -0.4 is 10.1 Å². The molecule has 2 rings (SSSR count). The van der Waals surface area contributed by atoms with Crippen LogP contribution in [-0.2, 0) is 0 Å². The number of ether oxygens (including phenoxy) is 1. The zero-order chi connectivity index (χ0) is 12.3. The maximum Gasteiger partial charge on any atom is 0.124 e. The molecule has 17 heavy (non-hydrogen) atoms. The summed E-state index contributed by atoms with van der Waals surface area (Å²) in [5.41, 5.74) is 1.31. The summed E-state index contributed by atoms with van der Waals surface area (Å²) in [7, 11) is 0. The third kappa shape index (κ3) is 3.01. The Morgan fingerprint density at radius 2 is 2.06 bits per heavy atom. The molecule has 94 valence electrons. The molecule has 0 fully saturated rings. The summed E-state index contributed by atoms with van der Waals surface area (Å²) in [4.78, 5) is 0. The van der Waals surface area contributed by atoms with Crippen molar-refractivity contribution in [3.63, 3.8) is 0 Å². The minimum Gasteiger partial charge on any atom is -0.493 e. The minimum atomic E-state index is 0.459. The van der Waals surface area contributed by atoms with Crippen LogP contribution in [0, 0.1) is 11.8 Å². The molecule has 1 aliphatic heterocycles. The molecule has 0 amide bonds. The number of fused-ring (bicyclic) bond motifs is 1. The van der Waals surface area contributed by atoms with Gasteiger partial charge < -0.3 is 10.1 Å². The van der Waals surface area contributed by atoms with Crippen molar-refractivity contribution in [2.75, 3.05) is 13.2 Å². The van der Waals surface area contributed by atoms with Crippen molar-refractivity contribution in [3.05, 3.63) is 29.8 Å². The molecule has 0 aromatic heterocycles. The molecule has 1 aromatic carbocycles. The minimum absolute atomic E-state index is 0.459. The van der Waals surface area contributed by atoms with E-state index in [0.29, 0.717) is 12.0 Å². The Balaban J connectivity index is 1.99. The van der Waals surface area contributed by atoms with Gasteiger partial charge in [-0.1, -0.05) is 39.0 Å². The summed E-state index contributed by atoms with van der Waals surface area (Å²) in [6, 6.07) is 8.83. The largest absolute Gasteiger partial charge is 0.493 e. The maximum absolute atomic E-state index is 5.67. The van der Waals surface area contributed by atoms with Gasteiger partial charge >= 0.3 is 0 Å². The summed E-state index contributed by atoms with van der Waals surface area (Å²) < 4.78 is 5.67. The van der Waals surface area contributed by atoms with E-state index in [1.807, 2.05) is 6.07 Å². The van der Waals surface area contributed by atoms with Crippen LogP contribution in [0.2, 0.25) is 0 Å². The fraction of sp³-hybridized carbons (Fsp3) is 0.600. The average molecular weight is 233 g/mol. The second-order valence-corrected chi connectivity index (χ2v) is 5.36. The zero-order valence-electron chi connectivity index (χ0n) is 11.1. The van der Waals surface area contributed by atoms with Gasteiger partial charge in [-0.2, -0.15) is 0 Å². The van der Waals surface area contributed by atoms with E-state index in [2.05, 4.69) is 44.3 Å². The summed E-state index contributed by atoms with van der Waals surface area (Å²) in [6.07, 6.45) is 1.07. The summed E-state index contributed by atoms with van der Waals surface area (Å²) in [6.45, 7) is 8.78. The van der Waals surface area contributed by atoms with Crippen molar-refractivity contribution in [3.8, 4) is 5.75 Å². The second-order valence-electron chi connectivity index (χ2n) is 5.36. The lowest BCUT2D eigenvalue weighted by molar-refractivity contribution is 0.245. The van der Waals surface area contributed by atoms with Gasteiger partial charge in [0.05, 0.1) is 6.61 Å². The Bertz CT molecular complexity index is 362. The van der Waals surface area contributed by atoms with Crippen LogP contribution in [0.1, 0.15) is 38.8 Å². The van der Waals surface area contributed by atoms with Crippen LogP contribution in [0.5, 0.6) is 5.75 Å². The third-order valence-corrected chi connectivity index (χ3v) is 3.78. The van der Waals surface area contributed by atoms with Crippen molar-refractivity contribution in [2.24, 2.45) is 11.8 Å². The molecular formula is C15H23NO. The number of rotatable bonds is 4. The van der Waals surface area contributed by atoms with E-state index in [-0.39, 0.29) is 0 Å². The van der Waals surface area contributed by atoms with Gasteiger partial charge in [-0.3, -0.25) is 0 Å². The lowest BCUT2D eigenvalue weighted by Gasteiger charge is -2.28. The highest BCUT2D eigenvalue weighted by atomic mass is 16.5. The molecule has 2 atom stereocenters. The smallest absolute Gasteiger partial charge is 0.124 e. The molecule has 0 aliphatic carbocycles. The molecule has 0 bridgehead atoms. The Morgan fingerprint density at radius 3 is 2.82 bits per heavy atom. The number of hydrogen-bond acceptors (Lipinski definition) is 2. The normalized spacial score (nSPS) is 20.8. The average Bonchev–Trinajstić information content (AvgIpc) is 2.35. The van der Waals surface area contributed by atoms with Gasteiger partial charge in [0.15, 0.2) is 0 Å². The van der Waals surface area contributed by atoms with Crippen LogP contribution in [0.4, 0.5) is 0 Å². The molecule has 1 aliphatic rings. The third-order valence-electron chi connectivity index (χ3n) is 3.78. The fourth-order valence-electron chi connectivity index (χ4n) is 2.12. The Hall–Kier alpha value is -1.02. The Kier molecular flexibility index (Phi) is 4.06. The van der Waals surface area contributed by atoms with Crippen molar-refractivity contribution in [1.82, 2.24) is 5.32 Å². The number of nitrogens with one attached hydrogen (secondary N) is 1. The van der Waals surface area contributed by atoms with Crippen molar-refractivity contribution < 1.29 is 4.74 Å². The Morgan fingerprint density at radius 1 is 1.29 bits per heavy atom. The van der Waals surface area contributed by atoms with Gasteiger partial charge in [0.25, 0.3) is 0 Å². The molecule has 1 N–H and O–H groups in total. The summed E-state index contributed by atoms with van der Waals surface area (Å²) in [5, 5.41) is 3.68. The van der Waals surface area contributed by atoms with E-state index >= 15 is 0 Å². The first-order valence-electron chi connectivity index (χ1n) is 6.63. The molecule has 0 saturated carbocycles. The number of para-hydroxylation sites is 1. The highest BCUT2D eigenvalue weighted by molar-refractivity contribution is 5.37. The quantitative estimate of drug-likeness (QED) is 0.860. The molecule has 1 heterocycles. The van der Waals surface area contributed by atoms with Crippen LogP contribution in [0.15, 0.2) is 24.3 Å². The van der Waals surface area contributed by atoms with Gasteiger partial charge in [0.1, 0.15) is 5.75 Å². The summed E-state index contributed by atoms with van der Waals surface area (Å²) in [5.74, 6) is 2.50. The maximum atomic E-state index is 5.67. The molecule has 2 nitrogen and oxygen atoms in total. The first kappa shape index (κ1) is 12.4. The molecule has 0 radical (unpaired) electrons. The van der Waals surface area contributed by atoms with E-state index in [9.17, 15) is 0 Å². The fourth-order valence-corrected chi connectivity index (χ4v) is 2.12. The number of hydrogen-bond donors (Lipinski definition) is 1. The molecule has 0 saturated heterocycles. The van der Waals surface area contributed by atoms with E-state index < -0.39 is 0 Å². The van der Waals surface area contributed by atoms with E-state index in [4.69, 9.17) is 4.74 Å². The topological polar surface area (TPSA) is 21.3 Å². The monoisotopic (exact) mass is 233 g/mol. The second kappa shape index (κ2) is 5.54. The van der Waals surface area contributed by atoms with Crippen molar-refractivity contribution in [2.45, 2.75) is 33.2 Å². The highest BCUT2D eigenvalue weighted by Gasteiger charge is 2.21. The van der Waals surface area contributed by atoms with Gasteiger partial charge in [-0.15, -0.1) is 0 Å². The molecule has 2 heteroatoms. The van der Waals surface area contributed by atoms with Crippen LogP contribution >= 0.6 is 0 Å². The molecular weight excluding hydrogens is 210 g/mol.